The molecule has 0 heterocycles. The predicted molar refractivity (Wildman–Crippen MR) is 57.4 cm³/mol. The molecule has 84 valence electrons. The Morgan fingerprint density at radius 1 is 1.33 bits per heavy atom. The Morgan fingerprint density at radius 2 is 2.00 bits per heavy atom. The molecule has 1 aromatic rings. The summed E-state index contributed by atoms with van der Waals surface area (Å²) in [6.45, 7) is 2.21. The third-order valence-corrected chi connectivity index (χ3v) is 2.17. The van der Waals surface area contributed by atoms with Gasteiger partial charge in [0, 0.05) is 19.9 Å². The lowest BCUT2D eigenvalue weighted by Crippen LogP contribution is -2.23. The molecule has 0 unspecified atom stereocenters. The van der Waals surface area contributed by atoms with Crippen LogP contribution in [0.5, 0.6) is 0 Å². The number of rotatable bonds is 5. The lowest BCUT2D eigenvalue weighted by atomic mass is 10.2. The minimum atomic E-state index is -0.325. The Kier molecular flexibility index (Phi) is 4.52. The smallest absolute Gasteiger partial charge is 0.173 e. The van der Waals surface area contributed by atoms with Crippen molar-refractivity contribution in [2.24, 2.45) is 0 Å². The summed E-state index contributed by atoms with van der Waals surface area (Å²) in [4.78, 5) is 0. The second-order valence-corrected chi connectivity index (χ2v) is 3.25. The summed E-state index contributed by atoms with van der Waals surface area (Å²) >= 11 is 0. The molecule has 1 aromatic carbocycles. The van der Waals surface area contributed by atoms with E-state index in [1.54, 1.807) is 27.2 Å². The third-order valence-electron chi connectivity index (χ3n) is 2.17. The van der Waals surface area contributed by atoms with E-state index in [2.05, 4.69) is 5.32 Å². The SMILES string of the molecule is COC(CNc1ccc(C)c(F)c1)OC. The summed E-state index contributed by atoms with van der Waals surface area (Å²) in [5.41, 5.74) is 1.35. The van der Waals surface area contributed by atoms with Gasteiger partial charge in [-0.25, -0.2) is 4.39 Å². The van der Waals surface area contributed by atoms with Crippen LogP contribution < -0.4 is 5.32 Å². The van der Waals surface area contributed by atoms with Crippen molar-refractivity contribution in [1.82, 2.24) is 0 Å². The molecule has 15 heavy (non-hydrogen) atoms. The van der Waals surface area contributed by atoms with Crippen molar-refractivity contribution < 1.29 is 13.9 Å². The molecule has 0 saturated heterocycles. The Labute approximate surface area is 89.2 Å². The second-order valence-electron chi connectivity index (χ2n) is 3.25. The first kappa shape index (κ1) is 11.9. The van der Waals surface area contributed by atoms with Crippen molar-refractivity contribution in [2.75, 3.05) is 26.1 Å². The standard InChI is InChI=1S/C11H16FNO2/c1-8-4-5-9(6-10(8)12)13-7-11(14-2)15-3/h4-6,11,13H,7H2,1-3H3. The molecule has 0 aromatic heterocycles. The average molecular weight is 213 g/mol. The van der Waals surface area contributed by atoms with Crippen molar-refractivity contribution in [2.45, 2.75) is 13.2 Å². The molecule has 0 radical (unpaired) electrons. The van der Waals surface area contributed by atoms with Crippen molar-refractivity contribution in [3.8, 4) is 0 Å². The van der Waals surface area contributed by atoms with Crippen molar-refractivity contribution >= 4 is 5.69 Å². The molecule has 0 amide bonds. The summed E-state index contributed by atoms with van der Waals surface area (Å²) < 4.78 is 23.2. The number of hydrogen-bond donors (Lipinski definition) is 1. The van der Waals surface area contributed by atoms with Gasteiger partial charge in [-0.3, -0.25) is 0 Å². The molecule has 0 aliphatic carbocycles. The first-order chi connectivity index (χ1) is 7.17. The fourth-order valence-corrected chi connectivity index (χ4v) is 1.17. The zero-order chi connectivity index (χ0) is 11.3. The van der Waals surface area contributed by atoms with Crippen molar-refractivity contribution in [1.29, 1.82) is 0 Å². The van der Waals surface area contributed by atoms with Crippen LogP contribution in [0.2, 0.25) is 0 Å². The minimum Gasteiger partial charge on any atom is -0.380 e. The van der Waals surface area contributed by atoms with E-state index in [0.717, 1.165) is 5.69 Å². The van der Waals surface area contributed by atoms with Crippen LogP contribution in [0.4, 0.5) is 10.1 Å². The maximum absolute atomic E-state index is 13.2. The molecule has 3 nitrogen and oxygen atoms in total. The highest BCUT2D eigenvalue weighted by molar-refractivity contribution is 5.45. The molecule has 4 heteroatoms. The Balaban J connectivity index is 2.54. The van der Waals surface area contributed by atoms with E-state index in [4.69, 9.17) is 9.47 Å². The highest BCUT2D eigenvalue weighted by Crippen LogP contribution is 2.13. The summed E-state index contributed by atoms with van der Waals surface area (Å²) in [5, 5.41) is 3.02. The molecular formula is C11H16FNO2. The summed E-state index contributed by atoms with van der Waals surface area (Å²) in [7, 11) is 3.12. The Hall–Kier alpha value is -1.13. The molecule has 1 rings (SSSR count). The van der Waals surface area contributed by atoms with Crippen LogP contribution in [0.25, 0.3) is 0 Å². The molecule has 0 spiro atoms. The maximum Gasteiger partial charge on any atom is 0.173 e. The minimum absolute atomic E-state index is 0.216. The molecule has 0 aliphatic rings. The maximum atomic E-state index is 13.2. The quantitative estimate of drug-likeness (QED) is 0.760. The number of nitrogens with one attached hydrogen (secondary N) is 1. The highest BCUT2D eigenvalue weighted by atomic mass is 19.1. The summed E-state index contributed by atoms with van der Waals surface area (Å²) in [5.74, 6) is -0.216. The fraction of sp³-hybridized carbons (Fsp3) is 0.455. The van der Waals surface area contributed by atoms with E-state index >= 15 is 0 Å². The van der Waals surface area contributed by atoms with Gasteiger partial charge in [-0.15, -0.1) is 0 Å². The number of anilines is 1. The van der Waals surface area contributed by atoms with Crippen LogP contribution in [-0.4, -0.2) is 27.1 Å². The number of ether oxygens (including phenoxy) is 2. The summed E-state index contributed by atoms with van der Waals surface area (Å²) in [6, 6.07) is 5.00. The van der Waals surface area contributed by atoms with Gasteiger partial charge in [0.15, 0.2) is 6.29 Å². The first-order valence-electron chi connectivity index (χ1n) is 4.73. The first-order valence-corrected chi connectivity index (χ1v) is 4.73. The highest BCUT2D eigenvalue weighted by Gasteiger charge is 2.05. The Morgan fingerprint density at radius 3 is 2.53 bits per heavy atom. The van der Waals surface area contributed by atoms with Gasteiger partial charge in [0.2, 0.25) is 0 Å². The van der Waals surface area contributed by atoms with Crippen LogP contribution in [0.3, 0.4) is 0 Å². The molecule has 1 N–H and O–H groups in total. The zero-order valence-electron chi connectivity index (χ0n) is 9.21. The summed E-state index contributed by atoms with van der Waals surface area (Å²) in [6.07, 6.45) is -0.325. The lowest BCUT2D eigenvalue weighted by Gasteiger charge is -2.15. The molecule has 0 aliphatic heterocycles. The van der Waals surface area contributed by atoms with Crippen LogP contribution in [-0.2, 0) is 9.47 Å². The zero-order valence-corrected chi connectivity index (χ0v) is 9.21. The van der Waals surface area contributed by atoms with E-state index in [1.165, 1.54) is 6.07 Å². The van der Waals surface area contributed by atoms with E-state index in [9.17, 15) is 4.39 Å². The number of aryl methyl sites for hydroxylation is 1. The normalized spacial score (nSPS) is 10.7. The topological polar surface area (TPSA) is 30.5 Å². The Bertz CT molecular complexity index is 313. The van der Waals surface area contributed by atoms with Crippen LogP contribution in [0.15, 0.2) is 18.2 Å². The van der Waals surface area contributed by atoms with Gasteiger partial charge in [-0.1, -0.05) is 6.07 Å². The average Bonchev–Trinajstić information content (AvgIpc) is 2.24. The second kappa shape index (κ2) is 5.68. The number of methoxy groups -OCH3 is 2. The van der Waals surface area contributed by atoms with Crippen LogP contribution in [0, 0.1) is 12.7 Å². The van der Waals surface area contributed by atoms with E-state index in [-0.39, 0.29) is 12.1 Å². The van der Waals surface area contributed by atoms with E-state index in [1.807, 2.05) is 6.07 Å². The van der Waals surface area contributed by atoms with E-state index in [0.29, 0.717) is 12.1 Å². The van der Waals surface area contributed by atoms with Crippen LogP contribution >= 0.6 is 0 Å². The molecule has 0 atom stereocenters. The molecular weight excluding hydrogens is 197 g/mol. The van der Waals surface area contributed by atoms with Gasteiger partial charge in [0.05, 0.1) is 6.54 Å². The monoisotopic (exact) mass is 213 g/mol. The third kappa shape index (κ3) is 3.49. The van der Waals surface area contributed by atoms with Gasteiger partial charge in [-0.05, 0) is 24.6 Å². The predicted octanol–water partition coefficient (Wildman–Crippen LogP) is 2.16. The molecule has 0 bridgehead atoms. The fourth-order valence-electron chi connectivity index (χ4n) is 1.17. The van der Waals surface area contributed by atoms with Crippen molar-refractivity contribution in [3.63, 3.8) is 0 Å². The number of hydrogen-bond acceptors (Lipinski definition) is 3. The van der Waals surface area contributed by atoms with Gasteiger partial charge < -0.3 is 14.8 Å². The molecule has 0 saturated carbocycles. The molecule has 0 fully saturated rings. The largest absolute Gasteiger partial charge is 0.380 e. The van der Waals surface area contributed by atoms with Gasteiger partial charge >= 0.3 is 0 Å². The van der Waals surface area contributed by atoms with Gasteiger partial charge in [0.1, 0.15) is 5.82 Å². The van der Waals surface area contributed by atoms with Gasteiger partial charge in [-0.2, -0.15) is 0 Å². The van der Waals surface area contributed by atoms with E-state index < -0.39 is 0 Å². The number of halogens is 1. The van der Waals surface area contributed by atoms with Gasteiger partial charge in [0.25, 0.3) is 0 Å². The lowest BCUT2D eigenvalue weighted by molar-refractivity contribution is -0.0914. The van der Waals surface area contributed by atoms with Crippen LogP contribution in [0.1, 0.15) is 5.56 Å². The van der Waals surface area contributed by atoms with Crippen molar-refractivity contribution in [3.05, 3.63) is 29.6 Å². The number of benzene rings is 1.